The lowest BCUT2D eigenvalue weighted by Gasteiger charge is -2.30. The van der Waals surface area contributed by atoms with E-state index >= 15 is 0 Å². The number of carbonyl (C=O) groups is 1. The average Bonchev–Trinajstić information content (AvgIpc) is 2.87. The summed E-state index contributed by atoms with van der Waals surface area (Å²) in [5, 5.41) is 2.87. The van der Waals surface area contributed by atoms with Crippen LogP contribution in [0.3, 0.4) is 0 Å². The monoisotopic (exact) mass is 443 g/mol. The second kappa shape index (κ2) is 7.19. The molecular formula is C17H22BrN3O4S. The molecule has 0 bridgehead atoms. The summed E-state index contributed by atoms with van der Waals surface area (Å²) in [6.45, 7) is 5.46. The van der Waals surface area contributed by atoms with E-state index in [4.69, 9.17) is 4.74 Å². The van der Waals surface area contributed by atoms with Gasteiger partial charge in [-0.15, -0.1) is 11.3 Å². The van der Waals surface area contributed by atoms with E-state index in [1.807, 2.05) is 20.8 Å². The summed E-state index contributed by atoms with van der Waals surface area (Å²) in [4.78, 5) is 39.8. The van der Waals surface area contributed by atoms with Crippen molar-refractivity contribution in [2.75, 3.05) is 0 Å². The smallest absolute Gasteiger partial charge is 0.407 e. The van der Waals surface area contributed by atoms with Gasteiger partial charge in [-0.3, -0.25) is 9.36 Å². The van der Waals surface area contributed by atoms with Crippen LogP contribution in [0.15, 0.2) is 19.4 Å². The third-order valence-electron chi connectivity index (χ3n) is 4.36. The van der Waals surface area contributed by atoms with Crippen molar-refractivity contribution in [1.29, 1.82) is 0 Å². The Kier molecular flexibility index (Phi) is 5.30. The van der Waals surface area contributed by atoms with Crippen LogP contribution in [-0.2, 0) is 4.74 Å². The Labute approximate surface area is 162 Å². The Morgan fingerprint density at radius 1 is 1.31 bits per heavy atom. The fraction of sp³-hybridized carbons (Fsp3) is 0.588. The van der Waals surface area contributed by atoms with Gasteiger partial charge in [0.25, 0.3) is 5.56 Å². The van der Waals surface area contributed by atoms with Crippen LogP contribution in [0.4, 0.5) is 4.79 Å². The highest BCUT2D eigenvalue weighted by molar-refractivity contribution is 9.11. The molecule has 26 heavy (non-hydrogen) atoms. The van der Waals surface area contributed by atoms with E-state index in [2.05, 4.69) is 26.2 Å². The molecule has 2 aromatic heterocycles. The lowest BCUT2D eigenvalue weighted by Crippen LogP contribution is -2.44. The highest BCUT2D eigenvalue weighted by atomic mass is 79.9. The van der Waals surface area contributed by atoms with Gasteiger partial charge in [0.05, 0.1) is 9.30 Å². The van der Waals surface area contributed by atoms with Gasteiger partial charge in [0, 0.05) is 12.1 Å². The van der Waals surface area contributed by atoms with Gasteiger partial charge >= 0.3 is 11.8 Å². The first-order valence-electron chi connectivity index (χ1n) is 8.57. The van der Waals surface area contributed by atoms with Gasteiger partial charge in [-0.2, -0.15) is 0 Å². The largest absolute Gasteiger partial charge is 0.444 e. The molecule has 1 amide bonds. The summed E-state index contributed by atoms with van der Waals surface area (Å²) in [5.74, 6) is 0. The molecule has 0 radical (unpaired) electrons. The molecule has 1 fully saturated rings. The lowest BCUT2D eigenvalue weighted by molar-refractivity contribution is 0.0487. The molecular weight excluding hydrogens is 422 g/mol. The maximum atomic E-state index is 12.7. The number of hydrogen-bond acceptors (Lipinski definition) is 5. The van der Waals surface area contributed by atoms with Crippen molar-refractivity contribution in [3.05, 3.63) is 30.7 Å². The first-order chi connectivity index (χ1) is 12.1. The topological polar surface area (TPSA) is 93.2 Å². The Balaban J connectivity index is 1.71. The van der Waals surface area contributed by atoms with E-state index in [0.717, 1.165) is 3.79 Å². The number of hydrogen-bond donors (Lipinski definition) is 2. The van der Waals surface area contributed by atoms with Gasteiger partial charge in [-0.05, 0) is 68.5 Å². The summed E-state index contributed by atoms with van der Waals surface area (Å²) in [6.07, 6.45) is 2.27. The molecule has 3 rings (SSSR count). The molecule has 7 nitrogen and oxygen atoms in total. The van der Waals surface area contributed by atoms with Gasteiger partial charge < -0.3 is 15.0 Å². The maximum absolute atomic E-state index is 12.7. The minimum atomic E-state index is -0.535. The number of nitrogens with one attached hydrogen (secondary N) is 2. The number of carbonyl (C=O) groups excluding carboxylic acids is 1. The van der Waals surface area contributed by atoms with Crippen molar-refractivity contribution in [2.45, 2.75) is 64.1 Å². The summed E-state index contributed by atoms with van der Waals surface area (Å²) >= 11 is 4.67. The molecule has 0 aliphatic heterocycles. The van der Waals surface area contributed by atoms with Crippen molar-refractivity contribution >= 4 is 43.6 Å². The van der Waals surface area contributed by atoms with Crippen LogP contribution in [-0.4, -0.2) is 27.3 Å². The average molecular weight is 444 g/mol. The molecule has 1 aliphatic rings. The normalized spacial score (nSPS) is 20.9. The number of aromatic amines is 1. The Bertz CT molecular complexity index is 932. The number of H-pyrrole nitrogens is 1. The first-order valence-corrected chi connectivity index (χ1v) is 10.2. The van der Waals surface area contributed by atoms with Gasteiger partial charge in [0.2, 0.25) is 0 Å². The van der Waals surface area contributed by atoms with E-state index in [-0.39, 0.29) is 23.3 Å². The second-order valence-electron chi connectivity index (χ2n) is 7.55. The van der Waals surface area contributed by atoms with Gasteiger partial charge in [-0.1, -0.05) is 0 Å². The Morgan fingerprint density at radius 2 is 1.96 bits per heavy atom. The molecule has 0 saturated heterocycles. The molecule has 0 atom stereocenters. The third kappa shape index (κ3) is 4.20. The third-order valence-corrected chi connectivity index (χ3v) is 5.98. The number of ether oxygens (including phenoxy) is 1. The number of amides is 1. The molecule has 2 N–H and O–H groups in total. The number of nitrogens with zero attached hydrogens (tertiary/aromatic N) is 1. The molecule has 0 spiro atoms. The highest BCUT2D eigenvalue weighted by Gasteiger charge is 2.27. The van der Waals surface area contributed by atoms with Crippen molar-refractivity contribution < 1.29 is 9.53 Å². The molecule has 1 saturated carbocycles. The zero-order chi connectivity index (χ0) is 19.1. The van der Waals surface area contributed by atoms with Crippen molar-refractivity contribution in [3.63, 3.8) is 0 Å². The maximum Gasteiger partial charge on any atom is 0.407 e. The molecule has 2 aromatic rings. The molecule has 2 heterocycles. The van der Waals surface area contributed by atoms with E-state index in [1.54, 1.807) is 6.07 Å². The number of aromatic nitrogens is 2. The van der Waals surface area contributed by atoms with Crippen molar-refractivity contribution in [2.24, 2.45) is 0 Å². The standard InChI is InChI=1S/C17H22BrN3O4S/c1-17(2,3)25-16(24)19-9-4-6-10(7-5-9)21-14(22)13-11(20-15(21)23)8-12(18)26-13/h8-10H,4-7H2,1-3H3,(H,19,24)(H,20,23). The van der Waals surface area contributed by atoms with Crippen LogP contribution >= 0.6 is 27.3 Å². The highest BCUT2D eigenvalue weighted by Crippen LogP contribution is 2.29. The van der Waals surface area contributed by atoms with Crippen LogP contribution in [0, 0.1) is 0 Å². The van der Waals surface area contributed by atoms with E-state index in [0.29, 0.717) is 35.9 Å². The van der Waals surface area contributed by atoms with Crippen LogP contribution in [0.5, 0.6) is 0 Å². The van der Waals surface area contributed by atoms with Crippen LogP contribution in [0.25, 0.3) is 10.2 Å². The number of alkyl carbamates (subject to hydrolysis) is 1. The predicted octanol–water partition coefficient (Wildman–Crippen LogP) is 3.52. The molecule has 9 heteroatoms. The predicted molar refractivity (Wildman–Crippen MR) is 105 cm³/mol. The number of rotatable bonds is 2. The van der Waals surface area contributed by atoms with Crippen LogP contribution < -0.4 is 16.6 Å². The Hall–Kier alpha value is -1.61. The van der Waals surface area contributed by atoms with Crippen molar-refractivity contribution in [1.82, 2.24) is 14.9 Å². The summed E-state index contributed by atoms with van der Waals surface area (Å²) in [6, 6.07) is 1.58. The minimum Gasteiger partial charge on any atom is -0.444 e. The van der Waals surface area contributed by atoms with Crippen LogP contribution in [0.2, 0.25) is 0 Å². The Morgan fingerprint density at radius 3 is 2.58 bits per heavy atom. The molecule has 0 aromatic carbocycles. The quantitative estimate of drug-likeness (QED) is 0.742. The van der Waals surface area contributed by atoms with E-state index in [1.165, 1.54) is 15.9 Å². The summed E-state index contributed by atoms with van der Waals surface area (Å²) < 4.78 is 7.96. The number of halogens is 1. The lowest BCUT2D eigenvalue weighted by atomic mass is 9.91. The first kappa shape index (κ1) is 19.2. The zero-order valence-corrected chi connectivity index (χ0v) is 17.3. The van der Waals surface area contributed by atoms with Gasteiger partial charge in [0.1, 0.15) is 10.3 Å². The molecule has 1 aliphatic carbocycles. The zero-order valence-electron chi connectivity index (χ0n) is 14.9. The fourth-order valence-electron chi connectivity index (χ4n) is 3.27. The number of thiophene rings is 1. The number of fused-ring (bicyclic) bond motifs is 1. The second-order valence-corrected chi connectivity index (χ2v) is 9.98. The summed E-state index contributed by atoms with van der Waals surface area (Å²) in [7, 11) is 0. The van der Waals surface area contributed by atoms with Gasteiger partial charge in [0.15, 0.2) is 0 Å². The van der Waals surface area contributed by atoms with E-state index < -0.39 is 11.7 Å². The van der Waals surface area contributed by atoms with Gasteiger partial charge in [-0.25, -0.2) is 9.59 Å². The van der Waals surface area contributed by atoms with Crippen molar-refractivity contribution in [3.8, 4) is 0 Å². The minimum absolute atomic E-state index is 0.00417. The molecule has 142 valence electrons. The van der Waals surface area contributed by atoms with E-state index in [9.17, 15) is 14.4 Å². The fourth-order valence-corrected chi connectivity index (χ4v) is 4.77. The summed E-state index contributed by atoms with van der Waals surface area (Å²) in [5.41, 5.74) is -0.598. The van der Waals surface area contributed by atoms with Crippen LogP contribution in [0.1, 0.15) is 52.5 Å². The SMILES string of the molecule is CC(C)(C)OC(=O)NC1CCC(n2c(=O)[nH]c3cc(Br)sc3c2=O)CC1. The molecule has 0 unspecified atom stereocenters.